The van der Waals surface area contributed by atoms with Gasteiger partial charge >= 0.3 is 5.97 Å². The Bertz CT molecular complexity index is 419. The van der Waals surface area contributed by atoms with Gasteiger partial charge in [-0.2, -0.15) is 0 Å². The van der Waals surface area contributed by atoms with E-state index < -0.39 is 5.97 Å². The molecule has 0 spiro atoms. The van der Waals surface area contributed by atoms with Gasteiger partial charge in [0, 0.05) is 12.1 Å². The van der Waals surface area contributed by atoms with Crippen molar-refractivity contribution in [1.82, 2.24) is 5.32 Å². The highest BCUT2D eigenvalue weighted by Gasteiger charge is 2.14. The summed E-state index contributed by atoms with van der Waals surface area (Å²) in [6.07, 6.45) is 8.14. The number of furan rings is 1. The summed E-state index contributed by atoms with van der Waals surface area (Å²) >= 11 is 0. The lowest BCUT2D eigenvalue weighted by Crippen LogP contribution is -2.15. The molecule has 1 aliphatic rings. The van der Waals surface area contributed by atoms with Gasteiger partial charge < -0.3 is 14.8 Å². The van der Waals surface area contributed by atoms with Gasteiger partial charge in [0.1, 0.15) is 5.76 Å². The van der Waals surface area contributed by atoms with Crippen LogP contribution in [-0.4, -0.2) is 17.6 Å². The van der Waals surface area contributed by atoms with Crippen LogP contribution >= 0.6 is 0 Å². The van der Waals surface area contributed by atoms with Gasteiger partial charge in [-0.25, -0.2) is 4.79 Å². The zero-order chi connectivity index (χ0) is 13.7. The molecule has 1 aromatic heterocycles. The minimum Gasteiger partial charge on any atom is -0.475 e. The lowest BCUT2D eigenvalue weighted by Gasteiger charge is -2.08. The van der Waals surface area contributed by atoms with E-state index in [1.165, 1.54) is 38.5 Å². The molecule has 1 fully saturated rings. The van der Waals surface area contributed by atoms with Crippen LogP contribution in [0.1, 0.15) is 60.4 Å². The van der Waals surface area contributed by atoms with Crippen molar-refractivity contribution >= 4 is 5.97 Å². The standard InChI is InChI=1S/C15H23NO3/c1-11-13(9-14(19-11)15(17)18)10-16-8-4-7-12-5-2-3-6-12/h9,12,16H,2-8,10H2,1H3,(H,17,18). The molecule has 4 nitrogen and oxygen atoms in total. The molecule has 1 aromatic rings. The first-order valence-electron chi connectivity index (χ1n) is 7.20. The molecule has 1 saturated carbocycles. The number of carboxylic acids is 1. The summed E-state index contributed by atoms with van der Waals surface area (Å²) < 4.78 is 5.17. The fraction of sp³-hybridized carbons (Fsp3) is 0.667. The maximum absolute atomic E-state index is 10.8. The Morgan fingerprint density at radius 3 is 2.84 bits per heavy atom. The molecule has 0 bridgehead atoms. The normalized spacial score (nSPS) is 16.1. The zero-order valence-electron chi connectivity index (χ0n) is 11.6. The van der Waals surface area contributed by atoms with Crippen LogP contribution in [0.5, 0.6) is 0 Å². The van der Waals surface area contributed by atoms with Crippen LogP contribution in [0.4, 0.5) is 0 Å². The molecule has 0 unspecified atom stereocenters. The van der Waals surface area contributed by atoms with E-state index in [4.69, 9.17) is 9.52 Å². The third-order valence-electron chi connectivity index (χ3n) is 3.99. The van der Waals surface area contributed by atoms with E-state index in [2.05, 4.69) is 5.32 Å². The van der Waals surface area contributed by atoms with Crippen molar-refractivity contribution in [1.29, 1.82) is 0 Å². The monoisotopic (exact) mass is 265 g/mol. The van der Waals surface area contributed by atoms with Crippen molar-refractivity contribution in [3.8, 4) is 0 Å². The number of carbonyl (C=O) groups is 1. The SMILES string of the molecule is Cc1oc(C(=O)O)cc1CNCCCC1CCCC1. The molecule has 0 aromatic carbocycles. The Balaban J connectivity index is 1.66. The highest BCUT2D eigenvalue weighted by atomic mass is 16.4. The minimum atomic E-state index is -1.00. The van der Waals surface area contributed by atoms with E-state index in [1.54, 1.807) is 6.07 Å². The Hall–Kier alpha value is -1.29. The lowest BCUT2D eigenvalue weighted by atomic mass is 10.0. The van der Waals surface area contributed by atoms with Crippen molar-refractivity contribution in [2.24, 2.45) is 5.92 Å². The molecule has 106 valence electrons. The van der Waals surface area contributed by atoms with Crippen LogP contribution < -0.4 is 5.32 Å². The van der Waals surface area contributed by atoms with E-state index in [1.807, 2.05) is 6.92 Å². The van der Waals surface area contributed by atoms with Gasteiger partial charge in [-0.1, -0.05) is 25.7 Å². The van der Waals surface area contributed by atoms with E-state index in [0.29, 0.717) is 12.3 Å². The van der Waals surface area contributed by atoms with Gasteiger partial charge in [0.25, 0.3) is 0 Å². The molecule has 1 heterocycles. The fourth-order valence-electron chi connectivity index (χ4n) is 2.84. The first kappa shape index (κ1) is 14.1. The van der Waals surface area contributed by atoms with Gasteiger partial charge in [-0.05, 0) is 38.3 Å². The molecule has 0 atom stereocenters. The predicted molar refractivity (Wildman–Crippen MR) is 73.3 cm³/mol. The zero-order valence-corrected chi connectivity index (χ0v) is 11.6. The van der Waals surface area contributed by atoms with Crippen LogP contribution in [-0.2, 0) is 6.54 Å². The first-order chi connectivity index (χ1) is 9.16. The van der Waals surface area contributed by atoms with Crippen molar-refractivity contribution in [2.75, 3.05) is 6.54 Å². The van der Waals surface area contributed by atoms with Gasteiger partial charge in [0.15, 0.2) is 0 Å². The van der Waals surface area contributed by atoms with Gasteiger partial charge in [0.05, 0.1) is 0 Å². The average Bonchev–Trinajstić information content (AvgIpc) is 2.99. The average molecular weight is 265 g/mol. The van der Waals surface area contributed by atoms with E-state index >= 15 is 0 Å². The number of hydrogen-bond donors (Lipinski definition) is 2. The largest absolute Gasteiger partial charge is 0.475 e. The summed E-state index contributed by atoms with van der Waals surface area (Å²) in [6.45, 7) is 3.48. The number of aromatic carboxylic acids is 1. The van der Waals surface area contributed by atoms with E-state index in [9.17, 15) is 4.79 Å². The van der Waals surface area contributed by atoms with E-state index in [0.717, 1.165) is 18.0 Å². The lowest BCUT2D eigenvalue weighted by molar-refractivity contribution is 0.0661. The smallest absolute Gasteiger partial charge is 0.371 e. The fourth-order valence-corrected chi connectivity index (χ4v) is 2.84. The molecule has 0 aliphatic heterocycles. The third kappa shape index (κ3) is 4.10. The van der Waals surface area contributed by atoms with Gasteiger partial charge in [0.2, 0.25) is 5.76 Å². The Labute approximate surface area is 114 Å². The quantitative estimate of drug-likeness (QED) is 0.742. The highest BCUT2D eigenvalue weighted by molar-refractivity contribution is 5.84. The molecule has 1 aliphatic carbocycles. The number of rotatable bonds is 7. The molecule has 2 rings (SSSR count). The first-order valence-corrected chi connectivity index (χ1v) is 7.20. The van der Waals surface area contributed by atoms with Crippen molar-refractivity contribution in [2.45, 2.75) is 52.0 Å². The predicted octanol–water partition coefficient (Wildman–Crippen LogP) is 3.35. The second kappa shape index (κ2) is 6.75. The van der Waals surface area contributed by atoms with Crippen LogP contribution in [0.25, 0.3) is 0 Å². The summed E-state index contributed by atoms with van der Waals surface area (Å²) in [6, 6.07) is 1.61. The van der Waals surface area contributed by atoms with Crippen molar-refractivity contribution in [3.05, 3.63) is 23.2 Å². The van der Waals surface area contributed by atoms with Crippen molar-refractivity contribution in [3.63, 3.8) is 0 Å². The number of nitrogens with one attached hydrogen (secondary N) is 1. The van der Waals surface area contributed by atoms with Crippen LogP contribution in [0, 0.1) is 12.8 Å². The molecule has 4 heteroatoms. The Morgan fingerprint density at radius 2 is 2.21 bits per heavy atom. The maximum Gasteiger partial charge on any atom is 0.371 e. The number of aryl methyl sites for hydroxylation is 1. The second-order valence-electron chi connectivity index (χ2n) is 5.47. The van der Waals surface area contributed by atoms with Crippen molar-refractivity contribution < 1.29 is 14.3 Å². The molecule has 19 heavy (non-hydrogen) atoms. The third-order valence-corrected chi connectivity index (χ3v) is 3.99. The summed E-state index contributed by atoms with van der Waals surface area (Å²) in [5.74, 6) is 0.660. The summed E-state index contributed by atoms with van der Waals surface area (Å²) in [5.41, 5.74) is 0.943. The van der Waals surface area contributed by atoms with E-state index in [-0.39, 0.29) is 5.76 Å². The molecule has 0 amide bonds. The van der Waals surface area contributed by atoms with Gasteiger partial charge in [-0.15, -0.1) is 0 Å². The minimum absolute atomic E-state index is 0.0280. The second-order valence-corrected chi connectivity index (χ2v) is 5.47. The molecular weight excluding hydrogens is 242 g/mol. The van der Waals surface area contributed by atoms with Gasteiger partial charge in [-0.3, -0.25) is 0 Å². The summed E-state index contributed by atoms with van der Waals surface area (Å²) in [4.78, 5) is 10.8. The van der Waals surface area contributed by atoms with Crippen LogP contribution in [0.2, 0.25) is 0 Å². The summed E-state index contributed by atoms with van der Waals surface area (Å²) in [5, 5.41) is 12.2. The molecular formula is C15H23NO3. The summed E-state index contributed by atoms with van der Waals surface area (Å²) in [7, 11) is 0. The molecule has 0 saturated heterocycles. The molecule has 2 N–H and O–H groups in total. The Kier molecular flexibility index (Phi) is 5.02. The van der Waals surface area contributed by atoms with Crippen LogP contribution in [0.3, 0.4) is 0 Å². The topological polar surface area (TPSA) is 62.5 Å². The maximum atomic E-state index is 10.8. The molecule has 0 radical (unpaired) electrons. The highest BCUT2D eigenvalue weighted by Crippen LogP contribution is 2.28. The van der Waals surface area contributed by atoms with Crippen LogP contribution in [0.15, 0.2) is 10.5 Å². The number of carboxylic acid groups (broad SMARTS) is 1. The Morgan fingerprint density at radius 1 is 1.47 bits per heavy atom. The number of hydrogen-bond acceptors (Lipinski definition) is 3.